The van der Waals surface area contributed by atoms with Crippen molar-refractivity contribution in [3.8, 4) is 0 Å². The highest BCUT2D eigenvalue weighted by atomic mass is 15.4. The quantitative estimate of drug-likeness (QED) is 0.434. The third-order valence-corrected chi connectivity index (χ3v) is 7.43. The van der Waals surface area contributed by atoms with E-state index in [-0.39, 0.29) is 0 Å². The molecule has 2 N–H and O–H groups in total. The van der Waals surface area contributed by atoms with E-state index in [2.05, 4.69) is 48.4 Å². The number of aromatic amines is 1. The van der Waals surface area contributed by atoms with Crippen LogP contribution in [0.1, 0.15) is 86.9 Å². The predicted octanol–water partition coefficient (Wildman–Crippen LogP) is 5.75. The average Bonchev–Trinajstić information content (AvgIpc) is 3.41. The number of aromatic nitrogens is 5. The number of para-hydroxylation sites is 1. The summed E-state index contributed by atoms with van der Waals surface area (Å²) in [6, 6.07) is 8.99. The van der Waals surface area contributed by atoms with Gasteiger partial charge in [0.05, 0.1) is 6.20 Å². The van der Waals surface area contributed by atoms with Gasteiger partial charge in [0.15, 0.2) is 5.65 Å². The number of benzene rings is 1. The van der Waals surface area contributed by atoms with Crippen LogP contribution in [0.2, 0.25) is 0 Å². The zero-order valence-electron chi connectivity index (χ0n) is 19.1. The number of nitrogens with one attached hydrogen (secondary N) is 2. The van der Waals surface area contributed by atoms with Gasteiger partial charge in [-0.3, -0.25) is 0 Å². The van der Waals surface area contributed by atoms with E-state index in [1.54, 1.807) is 0 Å². The van der Waals surface area contributed by atoms with Crippen molar-refractivity contribution in [1.29, 1.82) is 0 Å². The number of aryl methyl sites for hydroxylation is 1. The number of nitrogens with zero attached hydrogens (tertiary/aromatic N) is 4. The molecule has 0 amide bonds. The van der Waals surface area contributed by atoms with Crippen molar-refractivity contribution in [3.63, 3.8) is 0 Å². The summed E-state index contributed by atoms with van der Waals surface area (Å²) in [5, 5.41) is 9.84. The first-order valence-corrected chi connectivity index (χ1v) is 12.3. The lowest BCUT2D eigenvalue weighted by molar-refractivity contribution is 0.428. The van der Waals surface area contributed by atoms with Gasteiger partial charge in [-0.25, -0.2) is 4.98 Å². The van der Waals surface area contributed by atoms with Crippen LogP contribution in [-0.2, 0) is 12.8 Å². The third kappa shape index (κ3) is 3.37. The molecule has 3 heterocycles. The highest BCUT2D eigenvalue weighted by Crippen LogP contribution is 2.34. The van der Waals surface area contributed by atoms with E-state index >= 15 is 0 Å². The summed E-state index contributed by atoms with van der Waals surface area (Å²) in [5.41, 5.74) is 6.26. The molecule has 0 spiro atoms. The molecule has 6 heteroatoms. The molecule has 6 rings (SSSR count). The third-order valence-electron chi connectivity index (χ3n) is 7.43. The van der Waals surface area contributed by atoms with Gasteiger partial charge in [-0.15, -0.1) is 0 Å². The molecule has 6 nitrogen and oxygen atoms in total. The molecule has 1 unspecified atom stereocenters. The molecule has 1 atom stereocenters. The van der Waals surface area contributed by atoms with Gasteiger partial charge in [-0.1, -0.05) is 51.3 Å². The van der Waals surface area contributed by atoms with Crippen LogP contribution < -0.4 is 5.32 Å². The largest absolute Gasteiger partial charge is 0.358 e. The highest BCUT2D eigenvalue weighted by molar-refractivity contribution is 5.85. The molecule has 3 aromatic heterocycles. The Labute approximate surface area is 188 Å². The second kappa shape index (κ2) is 7.91. The van der Waals surface area contributed by atoms with E-state index in [1.807, 2.05) is 10.7 Å². The Morgan fingerprint density at radius 1 is 1.06 bits per heavy atom. The minimum atomic E-state index is 0.339. The molecule has 1 aromatic carbocycles. The summed E-state index contributed by atoms with van der Waals surface area (Å²) in [7, 11) is 0. The first kappa shape index (κ1) is 19.8. The zero-order chi connectivity index (χ0) is 21.7. The van der Waals surface area contributed by atoms with Gasteiger partial charge < -0.3 is 10.3 Å². The molecule has 1 saturated carbocycles. The van der Waals surface area contributed by atoms with E-state index in [0.29, 0.717) is 17.9 Å². The number of hydrogen-bond acceptors (Lipinski definition) is 4. The maximum atomic E-state index is 5.07. The number of rotatable bonds is 4. The maximum Gasteiger partial charge on any atom is 0.227 e. The minimum absolute atomic E-state index is 0.339. The molecule has 4 aromatic rings. The van der Waals surface area contributed by atoms with Crippen LogP contribution in [0.5, 0.6) is 0 Å². The van der Waals surface area contributed by atoms with Gasteiger partial charge >= 0.3 is 0 Å². The first-order chi connectivity index (χ1) is 15.7. The molecule has 2 aliphatic rings. The van der Waals surface area contributed by atoms with E-state index in [4.69, 9.17) is 15.1 Å². The number of H-pyrrole nitrogens is 1. The van der Waals surface area contributed by atoms with Crippen molar-refractivity contribution >= 4 is 22.5 Å². The van der Waals surface area contributed by atoms with Crippen LogP contribution in [-0.4, -0.2) is 30.6 Å². The zero-order valence-corrected chi connectivity index (χ0v) is 19.1. The van der Waals surface area contributed by atoms with Gasteiger partial charge in [0, 0.05) is 34.1 Å². The fourth-order valence-corrected chi connectivity index (χ4v) is 5.63. The fraction of sp³-hybridized carbons (Fsp3) is 0.500. The Kier molecular flexibility index (Phi) is 4.89. The van der Waals surface area contributed by atoms with Crippen LogP contribution in [0.4, 0.5) is 5.95 Å². The van der Waals surface area contributed by atoms with Crippen LogP contribution in [0, 0.1) is 0 Å². The standard InChI is InChI=1S/C26H32N6/c1-16(2)21-15-27-32-25(21)30-24(17-8-4-3-5-9-17)31-26(32)28-18-12-13-23-20(14-18)19-10-6-7-11-22(19)29-23/h6-7,10-11,15-18,29H,3-5,8-9,12-14H2,1-2H3,(H,28,30,31). The van der Waals surface area contributed by atoms with Gasteiger partial charge in [-0.05, 0) is 49.7 Å². The van der Waals surface area contributed by atoms with Crippen molar-refractivity contribution in [3.05, 3.63) is 53.1 Å². The Hall–Kier alpha value is -2.89. The lowest BCUT2D eigenvalue weighted by atomic mass is 9.88. The van der Waals surface area contributed by atoms with Gasteiger partial charge in [0.25, 0.3) is 0 Å². The van der Waals surface area contributed by atoms with Crippen LogP contribution in [0.3, 0.4) is 0 Å². The molecule has 0 bridgehead atoms. The lowest BCUT2D eigenvalue weighted by Crippen LogP contribution is -2.29. The predicted molar refractivity (Wildman–Crippen MR) is 128 cm³/mol. The molecule has 166 valence electrons. The lowest BCUT2D eigenvalue weighted by Gasteiger charge is -2.25. The maximum absolute atomic E-state index is 5.07. The second-order valence-corrected chi connectivity index (χ2v) is 9.94. The number of anilines is 1. The number of hydrogen-bond donors (Lipinski definition) is 2. The van der Waals surface area contributed by atoms with Crippen molar-refractivity contribution < 1.29 is 0 Å². The van der Waals surface area contributed by atoms with Crippen molar-refractivity contribution in [2.24, 2.45) is 0 Å². The Morgan fingerprint density at radius 2 is 1.91 bits per heavy atom. The van der Waals surface area contributed by atoms with Crippen LogP contribution in [0.15, 0.2) is 30.5 Å². The second-order valence-electron chi connectivity index (χ2n) is 9.94. The molecule has 2 aliphatic carbocycles. The van der Waals surface area contributed by atoms with Crippen molar-refractivity contribution in [1.82, 2.24) is 24.6 Å². The van der Waals surface area contributed by atoms with E-state index < -0.39 is 0 Å². The highest BCUT2D eigenvalue weighted by Gasteiger charge is 2.26. The van der Waals surface area contributed by atoms with Gasteiger partial charge in [0.1, 0.15) is 5.82 Å². The summed E-state index contributed by atoms with van der Waals surface area (Å²) in [5.74, 6) is 2.72. The van der Waals surface area contributed by atoms with Crippen molar-refractivity contribution in [2.45, 2.75) is 83.1 Å². The normalized spacial score (nSPS) is 19.7. The van der Waals surface area contributed by atoms with Crippen LogP contribution in [0.25, 0.3) is 16.6 Å². The molecular formula is C26H32N6. The van der Waals surface area contributed by atoms with Gasteiger partial charge in [-0.2, -0.15) is 14.6 Å². The summed E-state index contributed by atoms with van der Waals surface area (Å²) in [4.78, 5) is 13.7. The SMILES string of the molecule is CC(C)c1cnn2c(NC3CCc4[nH]c5ccccc5c4C3)nc(C3CCCCC3)nc12. The molecule has 32 heavy (non-hydrogen) atoms. The van der Waals surface area contributed by atoms with E-state index in [0.717, 1.165) is 36.7 Å². The Bertz CT molecular complexity index is 1260. The Balaban J connectivity index is 1.36. The van der Waals surface area contributed by atoms with E-state index in [9.17, 15) is 0 Å². The summed E-state index contributed by atoms with van der Waals surface area (Å²) < 4.78 is 1.94. The van der Waals surface area contributed by atoms with Crippen LogP contribution >= 0.6 is 0 Å². The fourth-order valence-electron chi connectivity index (χ4n) is 5.63. The van der Waals surface area contributed by atoms with Crippen molar-refractivity contribution in [2.75, 3.05) is 5.32 Å². The molecular weight excluding hydrogens is 396 g/mol. The van der Waals surface area contributed by atoms with E-state index in [1.165, 1.54) is 59.8 Å². The first-order valence-electron chi connectivity index (χ1n) is 12.3. The summed E-state index contributed by atoms with van der Waals surface area (Å²) in [6.07, 6.45) is 11.4. The topological polar surface area (TPSA) is 70.9 Å². The average molecular weight is 429 g/mol. The van der Waals surface area contributed by atoms with Gasteiger partial charge in [0.2, 0.25) is 5.95 Å². The molecule has 0 saturated heterocycles. The number of fused-ring (bicyclic) bond motifs is 4. The molecule has 1 fully saturated rings. The summed E-state index contributed by atoms with van der Waals surface area (Å²) >= 11 is 0. The summed E-state index contributed by atoms with van der Waals surface area (Å²) in [6.45, 7) is 4.43. The molecule has 0 aliphatic heterocycles. The Morgan fingerprint density at radius 3 is 2.75 bits per heavy atom. The smallest absolute Gasteiger partial charge is 0.227 e. The molecule has 0 radical (unpaired) electrons. The monoisotopic (exact) mass is 428 g/mol. The minimum Gasteiger partial charge on any atom is -0.358 e.